The van der Waals surface area contributed by atoms with Gasteiger partial charge in [0.1, 0.15) is 17.1 Å². The molecule has 1 aromatic carbocycles. The summed E-state index contributed by atoms with van der Waals surface area (Å²) in [5, 5.41) is 4.24. The molecule has 0 spiro atoms. The summed E-state index contributed by atoms with van der Waals surface area (Å²) in [7, 11) is 0. The van der Waals surface area contributed by atoms with Gasteiger partial charge in [-0.25, -0.2) is 4.98 Å². The molecule has 0 aliphatic heterocycles. The lowest BCUT2D eigenvalue weighted by molar-refractivity contribution is 0.482. The molecule has 5 N–H and O–H groups in total. The van der Waals surface area contributed by atoms with E-state index in [9.17, 15) is 4.79 Å². The maximum atomic E-state index is 12.4. The Balaban J connectivity index is 1.35. The topological polar surface area (TPSA) is 122 Å². The van der Waals surface area contributed by atoms with Gasteiger partial charge in [0.2, 0.25) is 0 Å². The van der Waals surface area contributed by atoms with Crippen molar-refractivity contribution < 1.29 is 4.74 Å². The molecule has 158 valence electrons. The third-order valence-electron chi connectivity index (χ3n) is 5.13. The van der Waals surface area contributed by atoms with Crippen molar-refractivity contribution in [1.82, 2.24) is 19.9 Å². The third kappa shape index (κ3) is 3.89. The summed E-state index contributed by atoms with van der Waals surface area (Å²) in [6, 6.07) is 14.7. The number of nitrogen functional groups attached to an aromatic ring is 1. The van der Waals surface area contributed by atoms with Crippen molar-refractivity contribution in [2.75, 3.05) is 11.1 Å². The number of hydrogen-bond donors (Lipinski definition) is 4. The summed E-state index contributed by atoms with van der Waals surface area (Å²) >= 11 is 0. The molecule has 0 bridgehead atoms. The highest BCUT2D eigenvalue weighted by Gasteiger charge is 2.09. The summed E-state index contributed by atoms with van der Waals surface area (Å²) in [5.41, 5.74) is 10.6. The van der Waals surface area contributed by atoms with Crippen LogP contribution in [0.4, 0.5) is 11.4 Å². The second-order valence-corrected chi connectivity index (χ2v) is 7.23. The zero-order valence-electron chi connectivity index (χ0n) is 17.0. The van der Waals surface area contributed by atoms with E-state index in [-0.39, 0.29) is 5.56 Å². The second kappa shape index (κ2) is 8.27. The Morgan fingerprint density at radius 1 is 0.969 bits per heavy atom. The Morgan fingerprint density at radius 2 is 1.84 bits per heavy atom. The number of pyridine rings is 3. The van der Waals surface area contributed by atoms with Crippen LogP contribution in [0.2, 0.25) is 0 Å². The molecule has 32 heavy (non-hydrogen) atoms. The van der Waals surface area contributed by atoms with Crippen LogP contribution in [0.15, 0.2) is 84.3 Å². The van der Waals surface area contributed by atoms with E-state index in [4.69, 9.17) is 10.5 Å². The van der Waals surface area contributed by atoms with Gasteiger partial charge in [0.05, 0.1) is 11.4 Å². The molecule has 8 nitrogen and oxygen atoms in total. The maximum Gasteiger partial charge on any atom is 0.252 e. The van der Waals surface area contributed by atoms with E-state index in [1.54, 1.807) is 43.0 Å². The summed E-state index contributed by atoms with van der Waals surface area (Å²) in [6.45, 7) is 0.319. The van der Waals surface area contributed by atoms with E-state index >= 15 is 0 Å². The minimum absolute atomic E-state index is 0.156. The molecule has 0 amide bonds. The van der Waals surface area contributed by atoms with Crippen molar-refractivity contribution in [2.45, 2.75) is 6.54 Å². The highest BCUT2D eigenvalue weighted by atomic mass is 16.5. The Hall–Kier alpha value is -4.59. The van der Waals surface area contributed by atoms with Crippen LogP contribution in [-0.2, 0) is 6.54 Å². The molecule has 5 rings (SSSR count). The van der Waals surface area contributed by atoms with E-state index in [1.807, 2.05) is 36.5 Å². The molecule has 0 fully saturated rings. The summed E-state index contributed by atoms with van der Waals surface area (Å²) in [6.07, 6.45) is 8.63. The highest BCUT2D eigenvalue weighted by molar-refractivity contribution is 5.92. The number of anilines is 2. The number of aromatic nitrogens is 4. The predicted octanol–water partition coefficient (Wildman–Crippen LogP) is 4.30. The predicted molar refractivity (Wildman–Crippen MR) is 125 cm³/mol. The zero-order valence-corrected chi connectivity index (χ0v) is 17.0. The number of nitrogens with two attached hydrogens (primary N) is 1. The van der Waals surface area contributed by atoms with Gasteiger partial charge in [0, 0.05) is 54.5 Å². The lowest BCUT2D eigenvalue weighted by Crippen LogP contribution is -2.16. The Bertz CT molecular complexity index is 1440. The van der Waals surface area contributed by atoms with Crippen molar-refractivity contribution in [3.8, 4) is 22.6 Å². The first-order valence-electron chi connectivity index (χ1n) is 10.0. The molecule has 0 unspecified atom stereocenters. The van der Waals surface area contributed by atoms with E-state index in [1.165, 1.54) is 0 Å². The van der Waals surface area contributed by atoms with Crippen LogP contribution in [-0.4, -0.2) is 19.9 Å². The Labute approximate surface area is 183 Å². The SMILES string of the molecule is Nc1cc(Oc2ccncc2)ccc1NCc1cc(-c2ccnc3[nH]ccc23)c[nH]c1=O. The average Bonchev–Trinajstić information content (AvgIpc) is 3.29. The fourth-order valence-electron chi connectivity index (χ4n) is 3.53. The van der Waals surface area contributed by atoms with Gasteiger partial charge in [0.25, 0.3) is 5.56 Å². The number of fused-ring (bicyclic) bond motifs is 1. The van der Waals surface area contributed by atoms with Crippen LogP contribution >= 0.6 is 0 Å². The maximum absolute atomic E-state index is 12.4. The van der Waals surface area contributed by atoms with Crippen LogP contribution in [0.25, 0.3) is 22.2 Å². The van der Waals surface area contributed by atoms with Crippen molar-refractivity contribution in [3.63, 3.8) is 0 Å². The van der Waals surface area contributed by atoms with Crippen molar-refractivity contribution >= 4 is 22.4 Å². The summed E-state index contributed by atoms with van der Waals surface area (Å²) in [4.78, 5) is 26.6. The van der Waals surface area contributed by atoms with Gasteiger partial charge in [-0.2, -0.15) is 0 Å². The number of rotatable bonds is 6. The first-order chi connectivity index (χ1) is 15.7. The molecule has 0 aliphatic carbocycles. The molecule has 0 aliphatic rings. The van der Waals surface area contributed by atoms with E-state index in [2.05, 4.69) is 25.3 Å². The second-order valence-electron chi connectivity index (χ2n) is 7.23. The number of nitrogens with one attached hydrogen (secondary N) is 3. The molecular weight excluding hydrogens is 404 g/mol. The number of hydrogen-bond acceptors (Lipinski definition) is 6. The molecule has 4 aromatic heterocycles. The van der Waals surface area contributed by atoms with E-state index < -0.39 is 0 Å². The minimum atomic E-state index is -0.156. The van der Waals surface area contributed by atoms with Crippen LogP contribution in [0.5, 0.6) is 11.5 Å². The van der Waals surface area contributed by atoms with E-state index in [0.717, 1.165) is 22.2 Å². The van der Waals surface area contributed by atoms with Crippen molar-refractivity contribution in [1.29, 1.82) is 0 Å². The minimum Gasteiger partial charge on any atom is -0.457 e. The monoisotopic (exact) mass is 424 g/mol. The number of H-pyrrole nitrogens is 2. The number of nitrogens with zero attached hydrogens (tertiary/aromatic N) is 2. The van der Waals surface area contributed by atoms with Crippen LogP contribution in [0.3, 0.4) is 0 Å². The average molecular weight is 424 g/mol. The molecule has 0 saturated carbocycles. The molecule has 5 aromatic rings. The molecule has 0 radical (unpaired) electrons. The smallest absolute Gasteiger partial charge is 0.252 e. The lowest BCUT2D eigenvalue weighted by Gasteiger charge is -2.12. The largest absolute Gasteiger partial charge is 0.457 e. The molecule has 4 heterocycles. The Kier molecular flexibility index (Phi) is 5.01. The van der Waals surface area contributed by atoms with Crippen LogP contribution in [0.1, 0.15) is 5.56 Å². The fourth-order valence-corrected chi connectivity index (χ4v) is 3.53. The third-order valence-corrected chi connectivity index (χ3v) is 5.13. The highest BCUT2D eigenvalue weighted by Crippen LogP contribution is 2.29. The van der Waals surface area contributed by atoms with Gasteiger partial charge in [-0.15, -0.1) is 0 Å². The van der Waals surface area contributed by atoms with Crippen molar-refractivity contribution in [3.05, 3.63) is 95.4 Å². The first-order valence-corrected chi connectivity index (χ1v) is 10.0. The number of ether oxygens (including phenoxy) is 1. The number of benzene rings is 1. The quantitative estimate of drug-likeness (QED) is 0.302. The normalized spacial score (nSPS) is 10.9. The first kappa shape index (κ1) is 19.4. The van der Waals surface area contributed by atoms with Gasteiger partial charge in [-0.3, -0.25) is 9.78 Å². The summed E-state index contributed by atoms with van der Waals surface area (Å²) < 4.78 is 5.78. The Morgan fingerprint density at radius 3 is 2.69 bits per heavy atom. The van der Waals surface area contributed by atoms with Gasteiger partial charge in [-0.1, -0.05) is 0 Å². The zero-order chi connectivity index (χ0) is 21.9. The van der Waals surface area contributed by atoms with Crippen LogP contribution < -0.4 is 21.3 Å². The van der Waals surface area contributed by atoms with Gasteiger partial charge in [-0.05, 0) is 53.6 Å². The van der Waals surface area contributed by atoms with Crippen LogP contribution in [0, 0.1) is 0 Å². The van der Waals surface area contributed by atoms with E-state index in [0.29, 0.717) is 35.0 Å². The van der Waals surface area contributed by atoms with Gasteiger partial charge in [0.15, 0.2) is 0 Å². The summed E-state index contributed by atoms with van der Waals surface area (Å²) in [5.74, 6) is 1.29. The van der Waals surface area contributed by atoms with Gasteiger partial charge >= 0.3 is 0 Å². The number of aromatic amines is 2. The molecule has 0 atom stereocenters. The molecule has 8 heteroatoms. The molecular formula is C24H20N6O2. The fraction of sp³-hybridized carbons (Fsp3) is 0.0417. The van der Waals surface area contributed by atoms with Gasteiger partial charge < -0.3 is 25.8 Å². The van der Waals surface area contributed by atoms with Crippen molar-refractivity contribution in [2.24, 2.45) is 0 Å². The molecule has 0 saturated heterocycles. The standard InChI is InChI=1S/C24H20N6O2/c25-21-12-18(32-17-3-7-26-8-4-17)1-2-22(21)29-14-16-11-15(13-30-24(16)31)19-5-9-27-23-20(19)6-10-28-23/h1-13,29H,14,25H2,(H,27,28)(H,30,31). The lowest BCUT2D eigenvalue weighted by atomic mass is 10.0.